The maximum atomic E-state index is 11.1. The smallest absolute Gasteiger partial charge is 0.407 e. The molecule has 0 aromatic carbocycles. The SMILES string of the molecule is O=C(O)N1C2CCC1C(COc1cccnn1)C2. The molecule has 18 heavy (non-hydrogen) atoms. The van der Waals surface area contributed by atoms with Crippen LogP contribution in [0, 0.1) is 5.92 Å². The number of fused-ring (bicyclic) bond motifs is 2. The molecule has 96 valence electrons. The second-order valence-electron chi connectivity index (χ2n) is 4.86. The standard InChI is InChI=1S/C12H15N3O3/c16-12(17)15-9-3-4-10(15)8(6-9)7-18-11-2-1-5-13-14-11/h1-2,5,8-10H,3-4,6-7H2,(H,16,17). The monoisotopic (exact) mass is 249 g/mol. The van der Waals surface area contributed by atoms with E-state index in [4.69, 9.17) is 9.84 Å². The van der Waals surface area contributed by atoms with Crippen LogP contribution in [0.25, 0.3) is 0 Å². The summed E-state index contributed by atoms with van der Waals surface area (Å²) in [4.78, 5) is 12.7. The summed E-state index contributed by atoms with van der Waals surface area (Å²) < 4.78 is 5.58. The van der Waals surface area contributed by atoms with E-state index >= 15 is 0 Å². The molecular formula is C12H15N3O3. The quantitative estimate of drug-likeness (QED) is 0.876. The summed E-state index contributed by atoms with van der Waals surface area (Å²) in [7, 11) is 0. The predicted octanol–water partition coefficient (Wildman–Crippen LogP) is 1.39. The Morgan fingerprint density at radius 1 is 1.56 bits per heavy atom. The van der Waals surface area contributed by atoms with Gasteiger partial charge in [0, 0.05) is 30.3 Å². The van der Waals surface area contributed by atoms with Crippen LogP contribution >= 0.6 is 0 Å². The van der Waals surface area contributed by atoms with Crippen molar-refractivity contribution in [2.24, 2.45) is 5.92 Å². The summed E-state index contributed by atoms with van der Waals surface area (Å²) in [6.07, 6.45) is 3.63. The maximum absolute atomic E-state index is 11.1. The number of aromatic nitrogens is 2. The van der Waals surface area contributed by atoms with Gasteiger partial charge in [-0.05, 0) is 25.3 Å². The number of carbonyl (C=O) groups is 1. The molecule has 0 spiro atoms. The topological polar surface area (TPSA) is 75.5 Å². The first-order chi connectivity index (χ1) is 8.75. The lowest BCUT2D eigenvalue weighted by molar-refractivity contribution is 0.130. The zero-order chi connectivity index (χ0) is 12.5. The third-order valence-electron chi connectivity index (χ3n) is 3.88. The maximum Gasteiger partial charge on any atom is 0.407 e. The van der Waals surface area contributed by atoms with Crippen LogP contribution in [-0.4, -0.2) is 45.0 Å². The molecule has 1 aromatic heterocycles. The Balaban J connectivity index is 1.61. The van der Waals surface area contributed by atoms with Gasteiger partial charge in [0.25, 0.3) is 0 Å². The molecular weight excluding hydrogens is 234 g/mol. The number of rotatable bonds is 3. The summed E-state index contributed by atoms with van der Waals surface area (Å²) in [5.41, 5.74) is 0. The van der Waals surface area contributed by atoms with Crippen LogP contribution < -0.4 is 4.74 Å². The van der Waals surface area contributed by atoms with Gasteiger partial charge < -0.3 is 14.7 Å². The van der Waals surface area contributed by atoms with Crippen molar-refractivity contribution >= 4 is 6.09 Å². The first kappa shape index (κ1) is 11.3. The molecule has 2 saturated heterocycles. The summed E-state index contributed by atoms with van der Waals surface area (Å²) in [5, 5.41) is 16.8. The molecule has 3 rings (SSSR count). The number of hydrogen-bond acceptors (Lipinski definition) is 4. The van der Waals surface area contributed by atoms with Gasteiger partial charge in [-0.3, -0.25) is 0 Å². The molecule has 0 saturated carbocycles. The minimum atomic E-state index is -0.801. The molecule has 6 nitrogen and oxygen atoms in total. The second-order valence-corrected chi connectivity index (χ2v) is 4.86. The molecule has 3 atom stereocenters. The van der Waals surface area contributed by atoms with Gasteiger partial charge in [0.05, 0.1) is 6.61 Å². The van der Waals surface area contributed by atoms with Crippen molar-refractivity contribution < 1.29 is 14.6 Å². The fourth-order valence-corrected chi connectivity index (χ4v) is 3.15. The van der Waals surface area contributed by atoms with Crippen molar-refractivity contribution in [3.05, 3.63) is 18.3 Å². The van der Waals surface area contributed by atoms with Gasteiger partial charge in [0.2, 0.25) is 5.88 Å². The van der Waals surface area contributed by atoms with Crippen molar-refractivity contribution in [2.75, 3.05) is 6.61 Å². The van der Waals surface area contributed by atoms with Gasteiger partial charge in [0.15, 0.2) is 0 Å². The lowest BCUT2D eigenvalue weighted by Crippen LogP contribution is -2.36. The van der Waals surface area contributed by atoms with Gasteiger partial charge in [-0.25, -0.2) is 4.79 Å². The summed E-state index contributed by atoms with van der Waals surface area (Å²) in [6.45, 7) is 0.518. The average Bonchev–Trinajstić information content (AvgIpc) is 2.95. The van der Waals surface area contributed by atoms with Gasteiger partial charge in [-0.15, -0.1) is 5.10 Å². The minimum Gasteiger partial charge on any atom is -0.476 e. The van der Waals surface area contributed by atoms with Crippen molar-refractivity contribution in [1.29, 1.82) is 0 Å². The van der Waals surface area contributed by atoms with Gasteiger partial charge in [-0.2, -0.15) is 5.10 Å². The van der Waals surface area contributed by atoms with Crippen molar-refractivity contribution in [2.45, 2.75) is 31.3 Å². The molecule has 1 N–H and O–H groups in total. The minimum absolute atomic E-state index is 0.115. The molecule has 1 aromatic rings. The molecule has 0 aliphatic carbocycles. The molecule has 2 aliphatic heterocycles. The largest absolute Gasteiger partial charge is 0.476 e. The van der Waals surface area contributed by atoms with E-state index in [1.54, 1.807) is 23.2 Å². The van der Waals surface area contributed by atoms with Crippen LogP contribution in [-0.2, 0) is 0 Å². The number of carboxylic acid groups (broad SMARTS) is 1. The Bertz CT molecular complexity index is 439. The highest BCUT2D eigenvalue weighted by molar-refractivity contribution is 5.67. The number of ether oxygens (including phenoxy) is 1. The van der Waals surface area contributed by atoms with E-state index in [1.165, 1.54) is 0 Å². The van der Waals surface area contributed by atoms with Crippen LogP contribution in [0.2, 0.25) is 0 Å². The van der Waals surface area contributed by atoms with Gasteiger partial charge in [-0.1, -0.05) is 0 Å². The highest BCUT2D eigenvalue weighted by Crippen LogP contribution is 2.41. The summed E-state index contributed by atoms with van der Waals surface area (Å²) >= 11 is 0. The van der Waals surface area contributed by atoms with Crippen LogP contribution in [0.4, 0.5) is 4.79 Å². The van der Waals surface area contributed by atoms with E-state index in [0.717, 1.165) is 19.3 Å². The van der Waals surface area contributed by atoms with Gasteiger partial charge in [0.1, 0.15) is 0 Å². The second kappa shape index (κ2) is 4.44. The fourth-order valence-electron chi connectivity index (χ4n) is 3.15. The third-order valence-corrected chi connectivity index (χ3v) is 3.88. The molecule has 0 radical (unpaired) electrons. The Kier molecular flexibility index (Phi) is 2.77. The van der Waals surface area contributed by atoms with E-state index in [9.17, 15) is 4.79 Å². The Hall–Kier alpha value is -1.85. The Morgan fingerprint density at radius 2 is 2.44 bits per heavy atom. The van der Waals surface area contributed by atoms with Gasteiger partial charge >= 0.3 is 6.09 Å². The fraction of sp³-hybridized carbons (Fsp3) is 0.583. The van der Waals surface area contributed by atoms with E-state index in [0.29, 0.717) is 12.5 Å². The zero-order valence-electron chi connectivity index (χ0n) is 9.90. The van der Waals surface area contributed by atoms with E-state index in [2.05, 4.69) is 10.2 Å². The molecule has 2 aliphatic rings. The lowest BCUT2D eigenvalue weighted by Gasteiger charge is -2.21. The molecule has 3 heterocycles. The molecule has 1 amide bonds. The van der Waals surface area contributed by atoms with Crippen molar-refractivity contribution in [3.63, 3.8) is 0 Å². The number of amides is 1. The van der Waals surface area contributed by atoms with E-state index in [1.807, 2.05) is 0 Å². The summed E-state index contributed by atoms with van der Waals surface area (Å²) in [5.74, 6) is 0.781. The predicted molar refractivity (Wildman–Crippen MR) is 62.3 cm³/mol. The highest BCUT2D eigenvalue weighted by atomic mass is 16.5. The summed E-state index contributed by atoms with van der Waals surface area (Å²) in [6, 6.07) is 3.83. The third kappa shape index (κ3) is 1.87. The van der Waals surface area contributed by atoms with E-state index in [-0.39, 0.29) is 18.0 Å². The first-order valence-corrected chi connectivity index (χ1v) is 6.17. The molecule has 6 heteroatoms. The lowest BCUT2D eigenvalue weighted by atomic mass is 9.90. The van der Waals surface area contributed by atoms with Crippen molar-refractivity contribution in [3.8, 4) is 5.88 Å². The van der Waals surface area contributed by atoms with E-state index < -0.39 is 6.09 Å². The average molecular weight is 249 g/mol. The van der Waals surface area contributed by atoms with Crippen molar-refractivity contribution in [1.82, 2.24) is 15.1 Å². The Morgan fingerprint density at radius 3 is 3.11 bits per heavy atom. The van der Waals surface area contributed by atoms with Crippen LogP contribution in [0.15, 0.2) is 18.3 Å². The van der Waals surface area contributed by atoms with Crippen LogP contribution in [0.5, 0.6) is 5.88 Å². The first-order valence-electron chi connectivity index (χ1n) is 6.17. The molecule has 2 fully saturated rings. The zero-order valence-corrected chi connectivity index (χ0v) is 9.90. The molecule has 3 unspecified atom stereocenters. The van der Waals surface area contributed by atoms with Crippen LogP contribution in [0.1, 0.15) is 19.3 Å². The number of nitrogens with zero attached hydrogens (tertiary/aromatic N) is 3. The van der Waals surface area contributed by atoms with Crippen LogP contribution in [0.3, 0.4) is 0 Å². The normalized spacial score (nSPS) is 29.6. The highest BCUT2D eigenvalue weighted by Gasteiger charge is 2.48. The molecule has 2 bridgehead atoms. The number of hydrogen-bond donors (Lipinski definition) is 1. The Labute approximate surface area is 105 Å².